The Hall–Kier alpha value is -1.18. The number of aryl methyl sites for hydroxylation is 1. The molecule has 2 unspecified atom stereocenters. The van der Waals surface area contributed by atoms with E-state index in [1.165, 1.54) is 24.3 Å². The van der Waals surface area contributed by atoms with Gasteiger partial charge in [-0.25, -0.2) is 0 Å². The highest BCUT2D eigenvalue weighted by atomic mass is 15.2. The van der Waals surface area contributed by atoms with Gasteiger partial charge in [-0.15, -0.1) is 0 Å². The number of nitrogen functional groups attached to an aromatic ring is 1. The van der Waals surface area contributed by atoms with Crippen LogP contribution in [-0.4, -0.2) is 13.1 Å². The maximum absolute atomic E-state index is 5.76. The minimum Gasteiger partial charge on any atom is -0.399 e. The summed E-state index contributed by atoms with van der Waals surface area (Å²) in [7, 11) is 0. The molecule has 1 saturated heterocycles. The Morgan fingerprint density at radius 3 is 2.33 bits per heavy atom. The first-order valence-electron chi connectivity index (χ1n) is 5.69. The second-order valence-electron chi connectivity index (χ2n) is 4.91. The molecule has 2 nitrogen and oxygen atoms in total. The van der Waals surface area contributed by atoms with E-state index < -0.39 is 0 Å². The third-order valence-corrected chi connectivity index (χ3v) is 3.55. The second kappa shape index (κ2) is 3.76. The minimum absolute atomic E-state index is 0.793. The summed E-state index contributed by atoms with van der Waals surface area (Å²) in [5.74, 6) is 1.59. The first-order valence-corrected chi connectivity index (χ1v) is 5.69. The molecule has 0 spiro atoms. The van der Waals surface area contributed by atoms with Crippen molar-refractivity contribution in [1.29, 1.82) is 0 Å². The molecular weight excluding hydrogens is 184 g/mol. The quantitative estimate of drug-likeness (QED) is 0.713. The second-order valence-corrected chi connectivity index (χ2v) is 4.91. The first kappa shape index (κ1) is 10.3. The van der Waals surface area contributed by atoms with E-state index in [0.29, 0.717) is 0 Å². The highest BCUT2D eigenvalue weighted by molar-refractivity contribution is 5.59. The van der Waals surface area contributed by atoms with Crippen LogP contribution in [0.5, 0.6) is 0 Å². The fourth-order valence-electron chi connectivity index (χ4n) is 2.36. The Kier molecular flexibility index (Phi) is 2.59. The molecule has 1 aromatic rings. The normalized spacial score (nSPS) is 25.9. The molecule has 15 heavy (non-hydrogen) atoms. The van der Waals surface area contributed by atoms with Crippen LogP contribution in [0.3, 0.4) is 0 Å². The summed E-state index contributed by atoms with van der Waals surface area (Å²) in [6.45, 7) is 9.14. The molecule has 0 aliphatic carbocycles. The molecule has 1 heterocycles. The number of nitrogens with zero attached hydrogens (tertiary/aromatic N) is 1. The molecule has 2 atom stereocenters. The van der Waals surface area contributed by atoms with Gasteiger partial charge in [0.25, 0.3) is 0 Å². The third kappa shape index (κ3) is 1.94. The zero-order chi connectivity index (χ0) is 11.0. The Morgan fingerprint density at radius 2 is 1.80 bits per heavy atom. The van der Waals surface area contributed by atoms with Crippen LogP contribution in [0.2, 0.25) is 0 Å². The van der Waals surface area contributed by atoms with Crippen molar-refractivity contribution < 1.29 is 0 Å². The van der Waals surface area contributed by atoms with Crippen molar-refractivity contribution in [3.05, 3.63) is 23.8 Å². The molecule has 1 aromatic carbocycles. The van der Waals surface area contributed by atoms with Gasteiger partial charge in [0.15, 0.2) is 0 Å². The number of rotatable bonds is 1. The summed E-state index contributed by atoms with van der Waals surface area (Å²) in [6.07, 6.45) is 0. The van der Waals surface area contributed by atoms with Gasteiger partial charge in [-0.3, -0.25) is 0 Å². The van der Waals surface area contributed by atoms with Gasteiger partial charge in [-0.1, -0.05) is 13.8 Å². The number of anilines is 2. The van der Waals surface area contributed by atoms with Gasteiger partial charge in [0.05, 0.1) is 0 Å². The average Bonchev–Trinajstić information content (AvgIpc) is 2.46. The standard InChI is InChI=1S/C13H20N2/c1-9-6-12(14)4-5-13(9)15-7-10(2)11(3)8-15/h4-6,10-11H,7-8,14H2,1-3H3. The highest BCUT2D eigenvalue weighted by Crippen LogP contribution is 2.30. The van der Waals surface area contributed by atoms with Crippen molar-refractivity contribution in [2.75, 3.05) is 23.7 Å². The maximum atomic E-state index is 5.76. The Bertz CT molecular complexity index is 350. The van der Waals surface area contributed by atoms with Gasteiger partial charge in [0, 0.05) is 24.5 Å². The lowest BCUT2D eigenvalue weighted by Gasteiger charge is -2.21. The average molecular weight is 204 g/mol. The topological polar surface area (TPSA) is 29.3 Å². The predicted octanol–water partition coefficient (Wildman–Crippen LogP) is 2.67. The van der Waals surface area contributed by atoms with Crippen molar-refractivity contribution in [1.82, 2.24) is 0 Å². The van der Waals surface area contributed by atoms with Crippen LogP contribution >= 0.6 is 0 Å². The van der Waals surface area contributed by atoms with Crippen LogP contribution in [0.4, 0.5) is 11.4 Å². The van der Waals surface area contributed by atoms with Crippen molar-refractivity contribution in [2.24, 2.45) is 11.8 Å². The number of benzene rings is 1. The van der Waals surface area contributed by atoms with Crippen LogP contribution in [-0.2, 0) is 0 Å². The van der Waals surface area contributed by atoms with Crippen LogP contribution < -0.4 is 10.6 Å². The fraction of sp³-hybridized carbons (Fsp3) is 0.538. The van der Waals surface area contributed by atoms with E-state index >= 15 is 0 Å². The van der Waals surface area contributed by atoms with Crippen molar-refractivity contribution in [3.63, 3.8) is 0 Å². The summed E-state index contributed by atoms with van der Waals surface area (Å²) < 4.78 is 0. The van der Waals surface area contributed by atoms with E-state index in [-0.39, 0.29) is 0 Å². The summed E-state index contributed by atoms with van der Waals surface area (Å²) in [5.41, 5.74) is 9.26. The van der Waals surface area contributed by atoms with Gasteiger partial charge < -0.3 is 10.6 Å². The highest BCUT2D eigenvalue weighted by Gasteiger charge is 2.26. The molecule has 2 heteroatoms. The number of hydrogen-bond donors (Lipinski definition) is 1. The molecule has 1 aliphatic heterocycles. The molecule has 0 saturated carbocycles. The zero-order valence-electron chi connectivity index (χ0n) is 9.83. The van der Waals surface area contributed by atoms with Crippen LogP contribution in [0.1, 0.15) is 19.4 Å². The zero-order valence-corrected chi connectivity index (χ0v) is 9.83. The first-order chi connectivity index (χ1) is 7.08. The van der Waals surface area contributed by atoms with Crippen LogP contribution in [0, 0.1) is 18.8 Å². The van der Waals surface area contributed by atoms with Gasteiger partial charge in [0.2, 0.25) is 0 Å². The van der Waals surface area contributed by atoms with Crippen molar-refractivity contribution in [3.8, 4) is 0 Å². The predicted molar refractivity (Wildman–Crippen MR) is 66.1 cm³/mol. The smallest absolute Gasteiger partial charge is 0.0397 e. The van der Waals surface area contributed by atoms with Gasteiger partial charge in [-0.05, 0) is 42.5 Å². The van der Waals surface area contributed by atoms with Crippen LogP contribution in [0.25, 0.3) is 0 Å². The molecule has 0 radical (unpaired) electrons. The van der Waals surface area contributed by atoms with Gasteiger partial charge in [-0.2, -0.15) is 0 Å². The molecule has 1 fully saturated rings. The SMILES string of the molecule is Cc1cc(N)ccc1N1CC(C)C(C)C1. The number of hydrogen-bond acceptors (Lipinski definition) is 2. The van der Waals surface area contributed by atoms with E-state index in [1.807, 2.05) is 6.07 Å². The maximum Gasteiger partial charge on any atom is 0.0397 e. The van der Waals surface area contributed by atoms with E-state index in [0.717, 1.165) is 17.5 Å². The van der Waals surface area contributed by atoms with E-state index in [1.54, 1.807) is 0 Å². The fourth-order valence-corrected chi connectivity index (χ4v) is 2.36. The lowest BCUT2D eigenvalue weighted by atomic mass is 10.0. The monoisotopic (exact) mass is 204 g/mol. The van der Waals surface area contributed by atoms with Crippen molar-refractivity contribution >= 4 is 11.4 Å². The van der Waals surface area contributed by atoms with Crippen LogP contribution in [0.15, 0.2) is 18.2 Å². The van der Waals surface area contributed by atoms with Gasteiger partial charge in [0.1, 0.15) is 0 Å². The minimum atomic E-state index is 0.793. The molecular formula is C13H20N2. The molecule has 0 amide bonds. The Labute approximate surface area is 92.1 Å². The summed E-state index contributed by atoms with van der Waals surface area (Å²) in [4.78, 5) is 2.48. The molecule has 82 valence electrons. The molecule has 2 rings (SSSR count). The Balaban J connectivity index is 2.24. The molecule has 1 aliphatic rings. The summed E-state index contributed by atoms with van der Waals surface area (Å²) in [6, 6.07) is 6.20. The lowest BCUT2D eigenvalue weighted by molar-refractivity contribution is 0.494. The number of nitrogens with two attached hydrogens (primary N) is 1. The largest absolute Gasteiger partial charge is 0.399 e. The molecule has 0 bridgehead atoms. The molecule has 0 aromatic heterocycles. The van der Waals surface area contributed by atoms with E-state index in [9.17, 15) is 0 Å². The van der Waals surface area contributed by atoms with E-state index in [4.69, 9.17) is 5.73 Å². The van der Waals surface area contributed by atoms with E-state index in [2.05, 4.69) is 37.8 Å². The van der Waals surface area contributed by atoms with Crippen molar-refractivity contribution in [2.45, 2.75) is 20.8 Å². The third-order valence-electron chi connectivity index (χ3n) is 3.55. The van der Waals surface area contributed by atoms with Gasteiger partial charge >= 0.3 is 0 Å². The Morgan fingerprint density at radius 1 is 1.20 bits per heavy atom. The summed E-state index contributed by atoms with van der Waals surface area (Å²) in [5, 5.41) is 0. The summed E-state index contributed by atoms with van der Waals surface area (Å²) >= 11 is 0. The molecule has 2 N–H and O–H groups in total. The lowest BCUT2D eigenvalue weighted by Crippen LogP contribution is -2.20.